The number of anilines is 2. The van der Waals surface area contributed by atoms with Crippen molar-refractivity contribution < 1.29 is 22.7 Å². The molecule has 0 saturated heterocycles. The van der Waals surface area contributed by atoms with Crippen LogP contribution in [0.3, 0.4) is 0 Å². The molecule has 7 nitrogen and oxygen atoms in total. The first kappa shape index (κ1) is 23.7. The molecule has 3 aromatic rings. The van der Waals surface area contributed by atoms with Gasteiger partial charge in [-0.3, -0.25) is 9.10 Å². The van der Waals surface area contributed by atoms with E-state index in [0.717, 1.165) is 4.31 Å². The largest absolute Gasteiger partial charge is 0.497 e. The van der Waals surface area contributed by atoms with Gasteiger partial charge in [-0.15, -0.1) is 0 Å². The Hall–Kier alpha value is -2.94. The van der Waals surface area contributed by atoms with Crippen molar-refractivity contribution in [2.45, 2.75) is 4.90 Å². The third-order valence-electron chi connectivity index (χ3n) is 4.49. The van der Waals surface area contributed by atoms with Gasteiger partial charge in [0.05, 0.1) is 35.5 Å². The maximum Gasteiger partial charge on any atom is 0.264 e. The Kier molecular flexibility index (Phi) is 7.50. The highest BCUT2D eigenvalue weighted by atomic mass is 35.5. The molecule has 0 aromatic heterocycles. The van der Waals surface area contributed by atoms with Crippen LogP contribution in [-0.2, 0) is 14.8 Å². The zero-order valence-corrected chi connectivity index (χ0v) is 19.5. The molecule has 3 rings (SSSR count). The van der Waals surface area contributed by atoms with Gasteiger partial charge in [0, 0.05) is 5.02 Å². The van der Waals surface area contributed by atoms with Crippen molar-refractivity contribution in [1.29, 1.82) is 0 Å². The van der Waals surface area contributed by atoms with Crippen LogP contribution in [-0.4, -0.2) is 35.1 Å². The number of halogens is 2. The molecule has 0 spiro atoms. The van der Waals surface area contributed by atoms with Gasteiger partial charge >= 0.3 is 0 Å². The summed E-state index contributed by atoms with van der Waals surface area (Å²) in [7, 11) is -1.24. The van der Waals surface area contributed by atoms with Gasteiger partial charge in [-0.1, -0.05) is 35.3 Å². The molecule has 0 radical (unpaired) electrons. The van der Waals surface area contributed by atoms with Gasteiger partial charge in [0.15, 0.2) is 0 Å². The second-order valence-corrected chi connectivity index (χ2v) is 9.24. The molecule has 3 aromatic carbocycles. The van der Waals surface area contributed by atoms with Gasteiger partial charge in [-0.2, -0.15) is 0 Å². The number of carbonyl (C=O) groups excluding carboxylic acids is 1. The van der Waals surface area contributed by atoms with E-state index in [1.807, 2.05) is 0 Å². The lowest BCUT2D eigenvalue weighted by molar-refractivity contribution is -0.114. The summed E-state index contributed by atoms with van der Waals surface area (Å²) in [5.74, 6) is 0.177. The van der Waals surface area contributed by atoms with E-state index in [1.165, 1.54) is 50.6 Å². The number of nitrogens with zero attached hydrogens (tertiary/aromatic N) is 1. The van der Waals surface area contributed by atoms with Crippen LogP contribution in [0.5, 0.6) is 11.5 Å². The zero-order valence-electron chi connectivity index (χ0n) is 17.2. The Morgan fingerprint density at radius 3 is 2.31 bits per heavy atom. The standard InChI is InChI=1S/C22H20Cl2N2O5S/c1-30-16-8-10-17(11-9-16)32(28,29)26(20-5-3-4-6-21(20)31-2)14-22(27)25-19-13-15(23)7-12-18(19)24/h3-13H,14H2,1-2H3,(H,25,27). The smallest absolute Gasteiger partial charge is 0.264 e. The second-order valence-electron chi connectivity index (χ2n) is 6.53. The highest BCUT2D eigenvalue weighted by Gasteiger charge is 2.29. The van der Waals surface area contributed by atoms with E-state index in [1.54, 1.807) is 30.3 Å². The van der Waals surface area contributed by atoms with Crippen LogP contribution in [0.1, 0.15) is 0 Å². The molecule has 0 bridgehead atoms. The van der Waals surface area contributed by atoms with Crippen molar-refractivity contribution in [2.24, 2.45) is 0 Å². The summed E-state index contributed by atoms with van der Waals surface area (Å²) >= 11 is 12.1. The molecule has 32 heavy (non-hydrogen) atoms. The van der Waals surface area contributed by atoms with Crippen molar-refractivity contribution in [3.63, 3.8) is 0 Å². The van der Waals surface area contributed by atoms with Crippen LogP contribution in [0, 0.1) is 0 Å². The predicted octanol–water partition coefficient (Wildman–Crippen LogP) is 4.84. The van der Waals surface area contributed by atoms with Crippen molar-refractivity contribution in [1.82, 2.24) is 0 Å². The van der Waals surface area contributed by atoms with Gasteiger partial charge in [-0.25, -0.2) is 8.42 Å². The van der Waals surface area contributed by atoms with E-state index in [4.69, 9.17) is 32.7 Å². The summed E-state index contributed by atoms with van der Waals surface area (Å²) in [5, 5.41) is 3.25. The van der Waals surface area contributed by atoms with Crippen LogP contribution < -0.4 is 19.1 Å². The normalized spacial score (nSPS) is 11.0. The Bertz CT molecular complexity index is 1220. The van der Waals surface area contributed by atoms with Crippen molar-refractivity contribution >= 4 is 50.5 Å². The lowest BCUT2D eigenvalue weighted by atomic mass is 10.3. The molecule has 0 fully saturated rings. The molecule has 0 unspecified atom stereocenters. The summed E-state index contributed by atoms with van der Waals surface area (Å²) < 4.78 is 38.4. The van der Waals surface area contributed by atoms with E-state index < -0.39 is 22.5 Å². The molecule has 1 N–H and O–H groups in total. The number of hydrogen-bond acceptors (Lipinski definition) is 5. The van der Waals surface area contributed by atoms with Gasteiger partial charge in [0.1, 0.15) is 18.0 Å². The first-order chi connectivity index (χ1) is 15.3. The Balaban J connectivity index is 2.00. The lowest BCUT2D eigenvalue weighted by Gasteiger charge is -2.25. The zero-order chi connectivity index (χ0) is 23.3. The van der Waals surface area contributed by atoms with E-state index >= 15 is 0 Å². The van der Waals surface area contributed by atoms with Gasteiger partial charge in [-0.05, 0) is 54.6 Å². The fourth-order valence-corrected chi connectivity index (χ4v) is 4.69. The molecule has 0 aliphatic rings. The molecule has 0 aliphatic heterocycles. The fraction of sp³-hybridized carbons (Fsp3) is 0.136. The van der Waals surface area contributed by atoms with Crippen LogP contribution in [0.25, 0.3) is 0 Å². The molecule has 168 valence electrons. The van der Waals surface area contributed by atoms with Gasteiger partial charge in [0.25, 0.3) is 10.0 Å². The Morgan fingerprint density at radius 1 is 0.969 bits per heavy atom. The first-order valence-electron chi connectivity index (χ1n) is 9.31. The number of amides is 1. The number of ether oxygens (including phenoxy) is 2. The van der Waals surface area contributed by atoms with E-state index in [-0.39, 0.29) is 27.0 Å². The second kappa shape index (κ2) is 10.1. The summed E-state index contributed by atoms with van der Waals surface area (Å²) in [6.45, 7) is -0.530. The topological polar surface area (TPSA) is 84.9 Å². The minimum absolute atomic E-state index is 0.0159. The van der Waals surface area contributed by atoms with Crippen molar-refractivity contribution in [3.8, 4) is 11.5 Å². The van der Waals surface area contributed by atoms with E-state index in [0.29, 0.717) is 10.8 Å². The highest BCUT2D eigenvalue weighted by Crippen LogP contribution is 2.33. The van der Waals surface area contributed by atoms with Gasteiger partial charge < -0.3 is 14.8 Å². The molecule has 0 saturated carbocycles. The number of sulfonamides is 1. The maximum absolute atomic E-state index is 13.5. The monoisotopic (exact) mass is 494 g/mol. The minimum Gasteiger partial charge on any atom is -0.497 e. The number of methoxy groups -OCH3 is 2. The predicted molar refractivity (Wildman–Crippen MR) is 126 cm³/mol. The maximum atomic E-state index is 13.5. The lowest BCUT2D eigenvalue weighted by Crippen LogP contribution is -2.38. The quantitative estimate of drug-likeness (QED) is 0.483. The number of nitrogens with one attached hydrogen (secondary N) is 1. The molecule has 0 heterocycles. The third-order valence-corrected chi connectivity index (χ3v) is 6.83. The van der Waals surface area contributed by atoms with Gasteiger partial charge in [0.2, 0.25) is 5.91 Å². The van der Waals surface area contributed by atoms with E-state index in [9.17, 15) is 13.2 Å². The number of carbonyl (C=O) groups is 1. The highest BCUT2D eigenvalue weighted by molar-refractivity contribution is 7.92. The first-order valence-corrected chi connectivity index (χ1v) is 11.5. The SMILES string of the molecule is COc1ccc(S(=O)(=O)N(CC(=O)Nc2cc(Cl)ccc2Cl)c2ccccc2OC)cc1. The molecule has 10 heteroatoms. The summed E-state index contributed by atoms with van der Waals surface area (Å²) in [5.41, 5.74) is 0.476. The molecule has 0 atom stereocenters. The van der Waals surface area contributed by atoms with Crippen LogP contribution in [0.4, 0.5) is 11.4 Å². The molecular formula is C22H20Cl2N2O5S. The average Bonchev–Trinajstić information content (AvgIpc) is 2.79. The Labute approximate surface area is 196 Å². The number of benzene rings is 3. The number of para-hydroxylation sites is 2. The molecule has 0 aliphatic carbocycles. The van der Waals surface area contributed by atoms with E-state index in [2.05, 4.69) is 5.32 Å². The van der Waals surface area contributed by atoms with Crippen LogP contribution in [0.2, 0.25) is 10.0 Å². The summed E-state index contributed by atoms with van der Waals surface area (Å²) in [4.78, 5) is 12.8. The average molecular weight is 495 g/mol. The van der Waals surface area contributed by atoms with Crippen LogP contribution in [0.15, 0.2) is 71.6 Å². The van der Waals surface area contributed by atoms with Crippen LogP contribution >= 0.6 is 23.2 Å². The minimum atomic E-state index is -4.14. The number of rotatable bonds is 8. The number of hydrogen-bond donors (Lipinski definition) is 1. The van der Waals surface area contributed by atoms with Crippen molar-refractivity contribution in [2.75, 3.05) is 30.4 Å². The summed E-state index contributed by atoms with van der Waals surface area (Å²) in [6, 6.07) is 17.0. The molecular weight excluding hydrogens is 475 g/mol. The third kappa shape index (κ3) is 5.27. The fourth-order valence-electron chi connectivity index (χ4n) is 2.92. The van der Waals surface area contributed by atoms with Crippen molar-refractivity contribution in [3.05, 3.63) is 76.8 Å². The molecule has 1 amide bonds. The summed E-state index contributed by atoms with van der Waals surface area (Å²) in [6.07, 6.45) is 0. The Morgan fingerprint density at radius 2 is 1.66 bits per heavy atom.